The summed E-state index contributed by atoms with van der Waals surface area (Å²) in [5, 5.41) is 8.91. The zero-order valence-corrected chi connectivity index (χ0v) is 16.1. The Morgan fingerprint density at radius 2 is 2.08 bits per heavy atom. The van der Waals surface area contributed by atoms with Gasteiger partial charge in [-0.15, -0.1) is 10.2 Å². The van der Waals surface area contributed by atoms with E-state index in [4.69, 9.17) is 9.47 Å². The van der Waals surface area contributed by atoms with Gasteiger partial charge in [-0.05, 0) is 19.1 Å². The van der Waals surface area contributed by atoms with E-state index in [-0.39, 0.29) is 30.1 Å². The van der Waals surface area contributed by atoms with Gasteiger partial charge in [0.2, 0.25) is 5.91 Å². The summed E-state index contributed by atoms with van der Waals surface area (Å²) in [4.78, 5) is 13.4. The van der Waals surface area contributed by atoms with E-state index in [1.807, 2.05) is 11.5 Å². The van der Waals surface area contributed by atoms with Crippen LogP contribution >= 0.6 is 11.8 Å². The Morgan fingerprint density at radius 3 is 2.73 bits per heavy atom. The molecule has 0 saturated carbocycles. The summed E-state index contributed by atoms with van der Waals surface area (Å²) in [5.74, 6) is 0.484. The third-order valence-corrected chi connectivity index (χ3v) is 4.53. The summed E-state index contributed by atoms with van der Waals surface area (Å²) in [6, 6.07) is 6.13. The number of thioether (sulfide) groups is 1. The first-order valence-electron chi connectivity index (χ1n) is 8.07. The predicted molar refractivity (Wildman–Crippen MR) is 96.8 cm³/mol. The number of methoxy groups -OCH3 is 1. The Morgan fingerprint density at radius 1 is 1.35 bits per heavy atom. The normalized spacial score (nSPS) is 12.0. The van der Waals surface area contributed by atoms with Gasteiger partial charge in [0.1, 0.15) is 6.61 Å². The quantitative estimate of drug-likeness (QED) is 0.620. The van der Waals surface area contributed by atoms with Crippen LogP contribution in [0.5, 0.6) is 5.75 Å². The Bertz CT molecular complexity index is 739. The molecule has 1 atom stereocenters. The van der Waals surface area contributed by atoms with Crippen molar-refractivity contribution >= 4 is 17.7 Å². The van der Waals surface area contributed by atoms with Crippen LogP contribution in [0.1, 0.15) is 18.8 Å². The topological polar surface area (TPSA) is 69.5 Å². The van der Waals surface area contributed by atoms with Crippen LogP contribution in [0.25, 0.3) is 0 Å². The summed E-state index contributed by atoms with van der Waals surface area (Å²) in [7, 11) is 5.02. The fourth-order valence-corrected chi connectivity index (χ4v) is 3.26. The number of rotatable bonds is 9. The van der Waals surface area contributed by atoms with Gasteiger partial charge in [0.25, 0.3) is 0 Å². The molecular formula is C17H23FN4O3S. The third kappa shape index (κ3) is 5.18. The molecule has 0 unspecified atom stereocenters. The fourth-order valence-electron chi connectivity index (χ4n) is 2.22. The number of halogens is 1. The predicted octanol–water partition coefficient (Wildman–Crippen LogP) is 2.38. The minimum atomic E-state index is -0.435. The number of ether oxygens (including phenoxy) is 2. The first-order chi connectivity index (χ1) is 12.4. The third-order valence-electron chi connectivity index (χ3n) is 3.60. The second-order valence-electron chi connectivity index (χ2n) is 5.87. The monoisotopic (exact) mass is 382 g/mol. The number of nitrogens with zero attached hydrogens (tertiary/aromatic N) is 4. The van der Waals surface area contributed by atoms with E-state index < -0.39 is 5.82 Å². The lowest BCUT2D eigenvalue weighted by atomic mass is 10.3. The number of hydrogen-bond donors (Lipinski definition) is 0. The van der Waals surface area contributed by atoms with Crippen molar-refractivity contribution < 1.29 is 18.7 Å². The van der Waals surface area contributed by atoms with Gasteiger partial charge in [0, 0.05) is 21.2 Å². The molecule has 1 heterocycles. The molecule has 26 heavy (non-hydrogen) atoms. The van der Waals surface area contributed by atoms with Crippen molar-refractivity contribution in [3.63, 3.8) is 0 Å². The van der Waals surface area contributed by atoms with E-state index in [0.717, 1.165) is 0 Å². The highest BCUT2D eigenvalue weighted by atomic mass is 32.2. The lowest BCUT2D eigenvalue weighted by Gasteiger charge is -2.18. The van der Waals surface area contributed by atoms with Crippen molar-refractivity contribution in [3.05, 3.63) is 35.9 Å². The Balaban J connectivity index is 2.17. The van der Waals surface area contributed by atoms with E-state index in [1.54, 1.807) is 39.4 Å². The smallest absolute Gasteiger partial charge is 0.232 e. The Labute approximate surface area is 156 Å². The zero-order valence-electron chi connectivity index (χ0n) is 15.3. The molecule has 0 saturated heterocycles. The molecule has 0 N–H and O–H groups in total. The SMILES string of the molecule is COC[C@@H](C)n1c(COc2ccccc2F)nnc1SCC(=O)N(C)C. The van der Waals surface area contributed by atoms with Crippen LogP contribution in [0.3, 0.4) is 0 Å². The van der Waals surface area contributed by atoms with Gasteiger partial charge in [-0.2, -0.15) is 0 Å². The molecule has 2 aromatic rings. The van der Waals surface area contributed by atoms with E-state index in [2.05, 4.69) is 10.2 Å². The van der Waals surface area contributed by atoms with E-state index in [0.29, 0.717) is 17.6 Å². The number of benzene rings is 1. The van der Waals surface area contributed by atoms with E-state index in [1.165, 1.54) is 22.7 Å². The molecule has 2 rings (SSSR count). The minimum Gasteiger partial charge on any atom is -0.483 e. The molecule has 9 heteroatoms. The van der Waals surface area contributed by atoms with Crippen LogP contribution in [0.4, 0.5) is 4.39 Å². The second-order valence-corrected chi connectivity index (χ2v) is 6.81. The van der Waals surface area contributed by atoms with Gasteiger partial charge < -0.3 is 14.4 Å². The number of para-hydroxylation sites is 1. The highest BCUT2D eigenvalue weighted by Gasteiger charge is 2.20. The number of amides is 1. The Kier molecular flexibility index (Phi) is 7.40. The molecule has 1 aromatic carbocycles. The maximum atomic E-state index is 13.7. The first kappa shape index (κ1) is 20.2. The van der Waals surface area contributed by atoms with E-state index >= 15 is 0 Å². The summed E-state index contributed by atoms with van der Waals surface area (Å²) >= 11 is 1.30. The summed E-state index contributed by atoms with van der Waals surface area (Å²) in [6.45, 7) is 2.46. The van der Waals surface area contributed by atoms with Crippen LogP contribution < -0.4 is 4.74 Å². The van der Waals surface area contributed by atoms with E-state index in [9.17, 15) is 9.18 Å². The molecule has 0 aliphatic rings. The molecule has 0 aliphatic heterocycles. The maximum absolute atomic E-state index is 13.7. The first-order valence-corrected chi connectivity index (χ1v) is 9.05. The standard InChI is InChI=1S/C17H23FN4O3S/c1-12(9-24-4)22-15(10-25-14-8-6-5-7-13(14)18)19-20-17(22)26-11-16(23)21(2)3/h5-8,12H,9-11H2,1-4H3/t12-/m1/s1. The molecule has 1 aromatic heterocycles. The van der Waals surface area contributed by atoms with Crippen molar-refractivity contribution in [1.29, 1.82) is 0 Å². The van der Waals surface area contributed by atoms with Gasteiger partial charge in [0.15, 0.2) is 22.5 Å². The average Bonchev–Trinajstić information content (AvgIpc) is 3.02. The van der Waals surface area contributed by atoms with Crippen molar-refractivity contribution in [2.24, 2.45) is 0 Å². The van der Waals surface area contributed by atoms with Crippen LogP contribution in [0.15, 0.2) is 29.4 Å². The number of carbonyl (C=O) groups is 1. The Hall–Kier alpha value is -2.13. The van der Waals surface area contributed by atoms with Crippen molar-refractivity contribution in [3.8, 4) is 5.75 Å². The van der Waals surface area contributed by atoms with Gasteiger partial charge in [0.05, 0.1) is 18.4 Å². The minimum absolute atomic E-state index is 0.0203. The molecule has 0 spiro atoms. The molecular weight excluding hydrogens is 359 g/mol. The van der Waals surface area contributed by atoms with Crippen LogP contribution in [-0.4, -0.2) is 59.1 Å². The number of hydrogen-bond acceptors (Lipinski definition) is 6. The number of aromatic nitrogens is 3. The second kappa shape index (κ2) is 9.54. The molecule has 0 radical (unpaired) electrons. The highest BCUT2D eigenvalue weighted by Crippen LogP contribution is 2.24. The highest BCUT2D eigenvalue weighted by molar-refractivity contribution is 7.99. The maximum Gasteiger partial charge on any atom is 0.232 e. The molecule has 7 nitrogen and oxygen atoms in total. The summed E-state index contributed by atoms with van der Waals surface area (Å²) < 4.78 is 26.4. The van der Waals surface area contributed by atoms with Gasteiger partial charge in [-0.1, -0.05) is 23.9 Å². The lowest BCUT2D eigenvalue weighted by Crippen LogP contribution is -2.24. The van der Waals surface area contributed by atoms with Gasteiger partial charge in [-0.3, -0.25) is 9.36 Å². The van der Waals surface area contributed by atoms with Crippen molar-refractivity contribution in [2.45, 2.75) is 24.7 Å². The molecule has 0 aliphatic carbocycles. The largest absolute Gasteiger partial charge is 0.483 e. The van der Waals surface area contributed by atoms with Crippen molar-refractivity contribution in [1.82, 2.24) is 19.7 Å². The summed E-state index contributed by atoms with van der Waals surface area (Å²) in [5.41, 5.74) is 0. The fraction of sp³-hybridized carbons (Fsp3) is 0.471. The molecule has 142 valence electrons. The van der Waals surface area contributed by atoms with Gasteiger partial charge >= 0.3 is 0 Å². The molecule has 0 fully saturated rings. The lowest BCUT2D eigenvalue weighted by molar-refractivity contribution is -0.125. The van der Waals surface area contributed by atoms with Crippen LogP contribution in [-0.2, 0) is 16.1 Å². The van der Waals surface area contributed by atoms with Gasteiger partial charge in [-0.25, -0.2) is 4.39 Å². The molecule has 1 amide bonds. The number of carbonyl (C=O) groups excluding carboxylic acids is 1. The molecule has 0 bridgehead atoms. The zero-order chi connectivity index (χ0) is 19.1. The van der Waals surface area contributed by atoms with Crippen molar-refractivity contribution in [2.75, 3.05) is 33.6 Å². The average molecular weight is 382 g/mol. The van der Waals surface area contributed by atoms with Crippen LogP contribution in [0.2, 0.25) is 0 Å². The van der Waals surface area contributed by atoms with Crippen LogP contribution in [0, 0.1) is 5.82 Å². The summed E-state index contributed by atoms with van der Waals surface area (Å²) in [6.07, 6.45) is 0.